The van der Waals surface area contributed by atoms with Gasteiger partial charge in [-0.2, -0.15) is 0 Å². The first-order chi connectivity index (χ1) is 16.5. The Morgan fingerprint density at radius 1 is 0.765 bits per heavy atom. The van der Waals surface area contributed by atoms with Crippen molar-refractivity contribution in [3.8, 4) is 0 Å². The summed E-state index contributed by atoms with van der Waals surface area (Å²) >= 11 is 17.7. The summed E-state index contributed by atoms with van der Waals surface area (Å²) in [5, 5.41) is 0. The fourth-order valence-electron chi connectivity index (χ4n) is 3.44. The SMILES string of the molecule is O=C(CCl)OC[C@H]1O[C@H](Cl)[C@@H](OCc2ccccc2)[C@@H](OC(=O)CCl)[C@@H]1OCc1ccccc1. The van der Waals surface area contributed by atoms with Gasteiger partial charge in [-0.15, -0.1) is 23.2 Å². The van der Waals surface area contributed by atoms with E-state index < -0.39 is 41.9 Å². The highest BCUT2D eigenvalue weighted by molar-refractivity contribution is 6.26. The van der Waals surface area contributed by atoms with E-state index >= 15 is 0 Å². The average molecular weight is 532 g/mol. The molecule has 0 bridgehead atoms. The summed E-state index contributed by atoms with van der Waals surface area (Å²) in [6.07, 6.45) is -3.57. The molecule has 2 aromatic rings. The van der Waals surface area contributed by atoms with Crippen molar-refractivity contribution < 1.29 is 33.3 Å². The number of carbonyl (C=O) groups is 2. The second kappa shape index (κ2) is 13.9. The number of benzene rings is 2. The smallest absolute Gasteiger partial charge is 0.321 e. The van der Waals surface area contributed by atoms with Gasteiger partial charge in [-0.05, 0) is 11.1 Å². The Morgan fingerprint density at radius 3 is 1.82 bits per heavy atom. The van der Waals surface area contributed by atoms with Crippen LogP contribution in [0, 0.1) is 0 Å². The molecule has 7 nitrogen and oxygen atoms in total. The lowest BCUT2D eigenvalue weighted by molar-refractivity contribution is -0.248. The van der Waals surface area contributed by atoms with Crippen LogP contribution in [-0.4, -0.2) is 60.3 Å². The van der Waals surface area contributed by atoms with Gasteiger partial charge in [0.2, 0.25) is 0 Å². The number of rotatable bonds is 11. The third-order valence-corrected chi connectivity index (χ3v) is 5.83. The fourth-order valence-corrected chi connectivity index (χ4v) is 3.93. The van der Waals surface area contributed by atoms with E-state index in [1.54, 1.807) is 0 Å². The van der Waals surface area contributed by atoms with Crippen molar-refractivity contribution in [2.45, 2.75) is 43.2 Å². The minimum absolute atomic E-state index is 0.183. The van der Waals surface area contributed by atoms with E-state index in [0.29, 0.717) is 0 Å². The Balaban J connectivity index is 1.83. The van der Waals surface area contributed by atoms with E-state index in [4.69, 9.17) is 58.5 Å². The molecule has 1 aliphatic heterocycles. The minimum atomic E-state index is -1.02. The third-order valence-electron chi connectivity index (χ3n) is 5.04. The Kier molecular flexibility index (Phi) is 10.9. The molecule has 184 valence electrons. The number of halogens is 3. The number of esters is 2. The summed E-state index contributed by atoms with van der Waals surface area (Å²) in [4.78, 5) is 23.8. The van der Waals surface area contributed by atoms with Crippen LogP contribution in [0.1, 0.15) is 11.1 Å². The van der Waals surface area contributed by atoms with Crippen LogP contribution in [0.5, 0.6) is 0 Å². The summed E-state index contributed by atoms with van der Waals surface area (Å²) < 4.78 is 28.8. The molecule has 34 heavy (non-hydrogen) atoms. The van der Waals surface area contributed by atoms with Gasteiger partial charge in [0.05, 0.1) is 13.2 Å². The zero-order valence-corrected chi connectivity index (χ0v) is 20.5. The Bertz CT molecular complexity index is 900. The molecule has 10 heteroatoms. The van der Waals surface area contributed by atoms with Crippen LogP contribution in [0.2, 0.25) is 0 Å². The van der Waals surface area contributed by atoms with Crippen molar-refractivity contribution in [3.63, 3.8) is 0 Å². The molecular weight excluding hydrogens is 507 g/mol. The predicted molar refractivity (Wildman–Crippen MR) is 127 cm³/mol. The number of hydrogen-bond donors (Lipinski definition) is 0. The largest absolute Gasteiger partial charge is 0.462 e. The van der Waals surface area contributed by atoms with Crippen molar-refractivity contribution in [2.75, 3.05) is 18.4 Å². The lowest BCUT2D eigenvalue weighted by atomic mass is 9.99. The van der Waals surface area contributed by atoms with E-state index in [1.807, 2.05) is 60.7 Å². The molecule has 1 fully saturated rings. The van der Waals surface area contributed by atoms with E-state index in [0.717, 1.165) is 11.1 Å². The van der Waals surface area contributed by atoms with Crippen LogP contribution in [0.15, 0.2) is 60.7 Å². The first-order valence-corrected chi connectivity index (χ1v) is 12.1. The first-order valence-electron chi connectivity index (χ1n) is 10.6. The van der Waals surface area contributed by atoms with E-state index in [9.17, 15) is 9.59 Å². The summed E-state index contributed by atoms with van der Waals surface area (Å²) in [6, 6.07) is 18.9. The zero-order chi connectivity index (χ0) is 24.3. The minimum Gasteiger partial charge on any atom is -0.462 e. The molecule has 3 rings (SSSR count). The maximum absolute atomic E-state index is 12.2. The van der Waals surface area contributed by atoms with Gasteiger partial charge in [0, 0.05) is 0 Å². The van der Waals surface area contributed by atoms with Gasteiger partial charge in [0.15, 0.2) is 11.7 Å². The zero-order valence-electron chi connectivity index (χ0n) is 18.2. The topological polar surface area (TPSA) is 80.3 Å². The second-order valence-electron chi connectivity index (χ2n) is 7.45. The van der Waals surface area contributed by atoms with Crippen LogP contribution in [0.25, 0.3) is 0 Å². The number of carbonyl (C=O) groups excluding carboxylic acids is 2. The predicted octanol–water partition coefficient (Wildman–Crippen LogP) is 4.05. The van der Waals surface area contributed by atoms with Crippen LogP contribution in [0.3, 0.4) is 0 Å². The maximum Gasteiger partial charge on any atom is 0.321 e. The van der Waals surface area contributed by atoms with Crippen LogP contribution < -0.4 is 0 Å². The van der Waals surface area contributed by atoms with Crippen molar-refractivity contribution in [3.05, 3.63) is 71.8 Å². The van der Waals surface area contributed by atoms with Crippen molar-refractivity contribution >= 4 is 46.7 Å². The van der Waals surface area contributed by atoms with E-state index in [2.05, 4.69) is 0 Å². The highest BCUT2D eigenvalue weighted by Crippen LogP contribution is 2.32. The molecule has 0 unspecified atom stereocenters. The monoisotopic (exact) mass is 530 g/mol. The van der Waals surface area contributed by atoms with Crippen LogP contribution >= 0.6 is 34.8 Å². The molecule has 0 radical (unpaired) electrons. The van der Waals surface area contributed by atoms with Gasteiger partial charge in [-0.1, -0.05) is 72.3 Å². The molecule has 0 amide bonds. The Labute approximate surface area is 213 Å². The van der Waals surface area contributed by atoms with Gasteiger partial charge in [-0.3, -0.25) is 9.59 Å². The van der Waals surface area contributed by atoms with Crippen molar-refractivity contribution in [1.82, 2.24) is 0 Å². The van der Waals surface area contributed by atoms with E-state index in [1.165, 1.54) is 0 Å². The summed E-state index contributed by atoms with van der Waals surface area (Å²) in [7, 11) is 0. The molecule has 0 aliphatic carbocycles. The molecular formula is C24H25Cl3O7. The van der Waals surface area contributed by atoms with Gasteiger partial charge in [0.25, 0.3) is 0 Å². The normalized spacial score (nSPS) is 24.4. The quantitative estimate of drug-likeness (QED) is 0.320. The third kappa shape index (κ3) is 7.83. The molecule has 2 aromatic carbocycles. The van der Waals surface area contributed by atoms with Crippen molar-refractivity contribution in [1.29, 1.82) is 0 Å². The number of alkyl halides is 3. The summed E-state index contributed by atoms with van der Waals surface area (Å²) in [6.45, 7) is 0.182. The molecule has 0 spiro atoms. The van der Waals surface area contributed by atoms with Gasteiger partial charge in [-0.25, -0.2) is 0 Å². The Morgan fingerprint density at radius 2 is 1.29 bits per heavy atom. The molecule has 5 atom stereocenters. The first kappa shape index (κ1) is 26.7. The second-order valence-corrected chi connectivity index (χ2v) is 8.42. The molecule has 0 saturated carbocycles. The molecule has 1 heterocycles. The van der Waals surface area contributed by atoms with Crippen LogP contribution in [0.4, 0.5) is 0 Å². The highest BCUT2D eigenvalue weighted by Gasteiger charge is 2.49. The lowest BCUT2D eigenvalue weighted by Crippen LogP contribution is -2.60. The Hall–Kier alpha value is -1.87. The van der Waals surface area contributed by atoms with Gasteiger partial charge < -0.3 is 23.7 Å². The van der Waals surface area contributed by atoms with Gasteiger partial charge >= 0.3 is 11.9 Å². The maximum atomic E-state index is 12.2. The average Bonchev–Trinajstić information content (AvgIpc) is 2.87. The summed E-state index contributed by atoms with van der Waals surface area (Å²) in [5.41, 5.74) is 0.762. The summed E-state index contributed by atoms with van der Waals surface area (Å²) in [5.74, 6) is -1.99. The standard InChI is InChI=1S/C24H25Cl3O7/c25-11-19(28)30-15-18-21(31-13-16-7-3-1-4-8-16)22(34-20(29)12-26)23(24(27)33-18)32-14-17-9-5-2-6-10-17/h1-10,18,21-24H,11-15H2/t18-,21-,22+,23+,24+/m1/s1. The molecule has 0 N–H and O–H groups in total. The lowest BCUT2D eigenvalue weighted by Gasteiger charge is -2.43. The van der Waals surface area contributed by atoms with Crippen LogP contribution in [-0.2, 0) is 46.5 Å². The fraction of sp³-hybridized carbons (Fsp3) is 0.417. The molecule has 1 saturated heterocycles. The molecule has 1 aliphatic rings. The number of ether oxygens (including phenoxy) is 5. The van der Waals surface area contributed by atoms with Crippen molar-refractivity contribution in [2.24, 2.45) is 0 Å². The highest BCUT2D eigenvalue weighted by atomic mass is 35.5. The van der Waals surface area contributed by atoms with E-state index in [-0.39, 0.29) is 31.6 Å². The van der Waals surface area contributed by atoms with Gasteiger partial charge in [0.1, 0.15) is 36.7 Å². The number of hydrogen-bond acceptors (Lipinski definition) is 7. The molecule has 0 aromatic heterocycles.